The summed E-state index contributed by atoms with van der Waals surface area (Å²) in [6.45, 7) is 5.19. The highest BCUT2D eigenvalue weighted by molar-refractivity contribution is 5.95. The van der Waals surface area contributed by atoms with E-state index in [2.05, 4.69) is 22.2 Å². The Hall–Kier alpha value is -3.00. The molecule has 0 unspecified atom stereocenters. The summed E-state index contributed by atoms with van der Waals surface area (Å²) in [4.78, 5) is 23.4. The lowest BCUT2D eigenvalue weighted by atomic mass is 10.1. The van der Waals surface area contributed by atoms with E-state index in [9.17, 15) is 9.18 Å². The average molecular weight is 410 g/mol. The average Bonchev–Trinajstić information content (AvgIpc) is 3.26. The van der Waals surface area contributed by atoms with Gasteiger partial charge in [-0.1, -0.05) is 12.1 Å². The SMILES string of the molecule is Cc1cc2c(NC3(C)CC3)nc(C(=O)N3CC(OCc4cccc(F)c4)C3)nc2o1. The van der Waals surface area contributed by atoms with Crippen molar-refractivity contribution in [3.05, 3.63) is 53.3 Å². The number of aryl methyl sites for hydroxylation is 1. The molecule has 5 rings (SSSR count). The molecule has 1 aliphatic heterocycles. The van der Waals surface area contributed by atoms with Crippen molar-refractivity contribution in [1.82, 2.24) is 14.9 Å². The summed E-state index contributed by atoms with van der Waals surface area (Å²) >= 11 is 0. The van der Waals surface area contributed by atoms with Crippen LogP contribution < -0.4 is 5.32 Å². The number of benzene rings is 1. The highest BCUT2D eigenvalue weighted by Crippen LogP contribution is 2.39. The fourth-order valence-electron chi connectivity index (χ4n) is 3.52. The highest BCUT2D eigenvalue weighted by Gasteiger charge is 2.39. The number of carbonyl (C=O) groups excluding carboxylic acids is 1. The van der Waals surface area contributed by atoms with Crippen LogP contribution in [0.3, 0.4) is 0 Å². The van der Waals surface area contributed by atoms with Gasteiger partial charge in [0, 0.05) is 18.6 Å². The number of hydrogen-bond donors (Lipinski definition) is 1. The third-order valence-corrected chi connectivity index (χ3v) is 5.64. The lowest BCUT2D eigenvalue weighted by Crippen LogP contribution is -2.55. The van der Waals surface area contributed by atoms with Gasteiger partial charge in [-0.05, 0) is 50.5 Å². The first-order chi connectivity index (χ1) is 14.4. The number of fused-ring (bicyclic) bond motifs is 1. The summed E-state index contributed by atoms with van der Waals surface area (Å²) in [5.74, 6) is 0.946. The van der Waals surface area contributed by atoms with E-state index in [-0.39, 0.29) is 29.2 Å². The van der Waals surface area contributed by atoms with Gasteiger partial charge in [-0.2, -0.15) is 4.98 Å². The minimum absolute atomic E-state index is 0.0133. The van der Waals surface area contributed by atoms with Crippen LogP contribution in [0.25, 0.3) is 11.1 Å². The molecule has 3 heterocycles. The van der Waals surface area contributed by atoms with Crippen molar-refractivity contribution in [2.75, 3.05) is 18.4 Å². The monoisotopic (exact) mass is 410 g/mol. The van der Waals surface area contributed by atoms with Crippen LogP contribution in [0.2, 0.25) is 0 Å². The number of hydrogen-bond acceptors (Lipinski definition) is 6. The molecule has 0 spiro atoms. The molecule has 3 aromatic rings. The maximum Gasteiger partial charge on any atom is 0.292 e. The molecule has 2 aliphatic rings. The van der Waals surface area contributed by atoms with Crippen molar-refractivity contribution in [3.63, 3.8) is 0 Å². The Kier molecular flexibility index (Phi) is 4.47. The number of rotatable bonds is 6. The van der Waals surface area contributed by atoms with Gasteiger partial charge in [0.05, 0.1) is 18.1 Å². The molecule has 1 saturated heterocycles. The predicted molar refractivity (Wildman–Crippen MR) is 109 cm³/mol. The zero-order chi connectivity index (χ0) is 20.9. The maximum absolute atomic E-state index is 13.3. The van der Waals surface area contributed by atoms with Crippen LogP contribution in [0.4, 0.5) is 10.2 Å². The highest BCUT2D eigenvalue weighted by atomic mass is 19.1. The molecule has 1 saturated carbocycles. The summed E-state index contributed by atoms with van der Waals surface area (Å²) in [7, 11) is 0. The summed E-state index contributed by atoms with van der Waals surface area (Å²) in [6, 6.07) is 8.20. The van der Waals surface area contributed by atoms with Crippen LogP contribution >= 0.6 is 0 Å². The quantitative estimate of drug-likeness (QED) is 0.668. The van der Waals surface area contributed by atoms with Gasteiger partial charge in [0.15, 0.2) is 0 Å². The van der Waals surface area contributed by atoms with Crippen LogP contribution in [0.5, 0.6) is 0 Å². The second kappa shape index (κ2) is 7.05. The zero-order valence-electron chi connectivity index (χ0n) is 16.9. The van der Waals surface area contributed by atoms with E-state index in [0.717, 1.165) is 29.6 Å². The molecule has 1 amide bonds. The minimum Gasteiger partial charge on any atom is -0.443 e. The Labute approximate surface area is 173 Å². The minimum atomic E-state index is -0.285. The second-order valence-electron chi connectivity index (χ2n) is 8.43. The van der Waals surface area contributed by atoms with Crippen LogP contribution in [0, 0.1) is 12.7 Å². The molecule has 0 bridgehead atoms. The summed E-state index contributed by atoms with van der Waals surface area (Å²) in [6.07, 6.45) is 2.04. The molecule has 2 fully saturated rings. The van der Waals surface area contributed by atoms with Gasteiger partial charge in [0.1, 0.15) is 17.4 Å². The first kappa shape index (κ1) is 19.0. The molecule has 30 heavy (non-hydrogen) atoms. The number of furan rings is 1. The Morgan fingerprint density at radius 3 is 2.87 bits per heavy atom. The summed E-state index contributed by atoms with van der Waals surface area (Å²) in [5, 5.41) is 4.22. The van der Waals surface area contributed by atoms with Crippen LogP contribution in [-0.4, -0.2) is 45.5 Å². The number of aromatic nitrogens is 2. The van der Waals surface area contributed by atoms with Gasteiger partial charge in [-0.15, -0.1) is 0 Å². The van der Waals surface area contributed by atoms with Crippen molar-refractivity contribution in [2.24, 2.45) is 0 Å². The molecule has 156 valence electrons. The van der Waals surface area contributed by atoms with Crippen LogP contribution in [0.1, 0.15) is 41.7 Å². The molecule has 1 aliphatic carbocycles. The van der Waals surface area contributed by atoms with Crippen LogP contribution in [-0.2, 0) is 11.3 Å². The van der Waals surface area contributed by atoms with Gasteiger partial charge < -0.3 is 19.4 Å². The predicted octanol–water partition coefficient (Wildman–Crippen LogP) is 3.68. The van der Waals surface area contributed by atoms with E-state index in [1.165, 1.54) is 12.1 Å². The fourth-order valence-corrected chi connectivity index (χ4v) is 3.52. The van der Waals surface area contributed by atoms with E-state index in [1.54, 1.807) is 11.0 Å². The number of amides is 1. The molecule has 8 heteroatoms. The van der Waals surface area contributed by atoms with Gasteiger partial charge >= 0.3 is 0 Å². The van der Waals surface area contributed by atoms with E-state index in [1.807, 2.05) is 19.1 Å². The number of halogens is 1. The normalized spacial score (nSPS) is 17.8. The third-order valence-electron chi connectivity index (χ3n) is 5.64. The Balaban J connectivity index is 1.26. The van der Waals surface area contributed by atoms with Gasteiger partial charge in [-0.25, -0.2) is 9.37 Å². The first-order valence-corrected chi connectivity index (χ1v) is 10.1. The number of nitrogens with one attached hydrogen (secondary N) is 1. The van der Waals surface area contributed by atoms with Gasteiger partial charge in [-0.3, -0.25) is 4.79 Å². The smallest absolute Gasteiger partial charge is 0.292 e. The zero-order valence-corrected chi connectivity index (χ0v) is 16.9. The molecule has 2 aromatic heterocycles. The number of ether oxygens (including phenoxy) is 1. The number of nitrogens with zero attached hydrogens (tertiary/aromatic N) is 3. The van der Waals surface area contributed by atoms with Crippen LogP contribution in [0.15, 0.2) is 34.7 Å². The van der Waals surface area contributed by atoms with Crippen molar-refractivity contribution in [1.29, 1.82) is 0 Å². The van der Waals surface area contributed by atoms with Crippen molar-refractivity contribution >= 4 is 22.8 Å². The standard InChI is InChI=1S/C22H23FN4O3/c1-13-8-17-18(26-22(2)6-7-22)24-19(25-20(17)30-13)21(28)27-10-16(11-27)29-12-14-4-3-5-15(23)9-14/h3-5,8-9,16H,6-7,10-12H2,1-2H3,(H,24,25,26). The lowest BCUT2D eigenvalue weighted by molar-refractivity contribution is -0.0507. The molecule has 7 nitrogen and oxygen atoms in total. The van der Waals surface area contributed by atoms with Crippen molar-refractivity contribution in [3.8, 4) is 0 Å². The summed E-state index contributed by atoms with van der Waals surface area (Å²) < 4.78 is 24.7. The number of likely N-dealkylation sites (tertiary alicyclic amines) is 1. The summed E-state index contributed by atoms with van der Waals surface area (Å²) in [5.41, 5.74) is 1.20. The van der Waals surface area contributed by atoms with E-state index in [0.29, 0.717) is 31.2 Å². The van der Waals surface area contributed by atoms with E-state index in [4.69, 9.17) is 9.15 Å². The third kappa shape index (κ3) is 3.75. The fraction of sp³-hybridized carbons (Fsp3) is 0.409. The first-order valence-electron chi connectivity index (χ1n) is 10.1. The van der Waals surface area contributed by atoms with Gasteiger partial charge in [0.25, 0.3) is 5.91 Å². The molecule has 1 N–H and O–H groups in total. The largest absolute Gasteiger partial charge is 0.443 e. The molecule has 0 radical (unpaired) electrons. The number of anilines is 1. The number of carbonyl (C=O) groups is 1. The Morgan fingerprint density at radius 2 is 2.13 bits per heavy atom. The molecular weight excluding hydrogens is 387 g/mol. The molecule has 1 aromatic carbocycles. The lowest BCUT2D eigenvalue weighted by Gasteiger charge is -2.38. The second-order valence-corrected chi connectivity index (χ2v) is 8.43. The van der Waals surface area contributed by atoms with E-state index < -0.39 is 0 Å². The van der Waals surface area contributed by atoms with Gasteiger partial charge in [0.2, 0.25) is 11.5 Å². The topological polar surface area (TPSA) is 80.5 Å². The maximum atomic E-state index is 13.3. The Bertz CT molecular complexity index is 1120. The van der Waals surface area contributed by atoms with Crippen molar-refractivity contribution < 1.29 is 18.3 Å². The molecular formula is C22H23FN4O3. The Morgan fingerprint density at radius 1 is 1.33 bits per heavy atom. The van der Waals surface area contributed by atoms with E-state index >= 15 is 0 Å². The van der Waals surface area contributed by atoms with Crippen molar-refractivity contribution in [2.45, 2.75) is 44.9 Å². The molecule has 0 atom stereocenters.